The van der Waals surface area contributed by atoms with E-state index in [0.29, 0.717) is 5.41 Å². The van der Waals surface area contributed by atoms with Crippen molar-refractivity contribution in [2.75, 3.05) is 26.8 Å². The van der Waals surface area contributed by atoms with Crippen LogP contribution < -0.4 is 5.32 Å². The minimum Gasteiger partial charge on any atom is -0.384 e. The van der Waals surface area contributed by atoms with Gasteiger partial charge in [0.05, 0.1) is 6.61 Å². The zero-order chi connectivity index (χ0) is 14.1. The van der Waals surface area contributed by atoms with Gasteiger partial charge in [-0.2, -0.15) is 0 Å². The van der Waals surface area contributed by atoms with E-state index in [1.165, 1.54) is 44.9 Å². The first kappa shape index (κ1) is 17.0. The standard InChI is InChI=1S/C17H35NO/c1-5-6-7-16-8-10-17(11-9-16,14-19-4)13-18-12-15(2)3/h15-16,18H,5-14H2,1-4H3. The van der Waals surface area contributed by atoms with E-state index in [0.717, 1.165) is 31.5 Å². The van der Waals surface area contributed by atoms with Crippen LogP contribution in [0.1, 0.15) is 65.7 Å². The molecule has 0 aromatic heterocycles. The van der Waals surface area contributed by atoms with Crippen molar-refractivity contribution in [1.82, 2.24) is 5.32 Å². The van der Waals surface area contributed by atoms with Crippen LogP contribution >= 0.6 is 0 Å². The van der Waals surface area contributed by atoms with Gasteiger partial charge in [-0.3, -0.25) is 0 Å². The lowest BCUT2D eigenvalue weighted by atomic mass is 9.69. The number of rotatable bonds is 9. The van der Waals surface area contributed by atoms with Crippen LogP contribution in [0.4, 0.5) is 0 Å². The topological polar surface area (TPSA) is 21.3 Å². The molecule has 0 spiro atoms. The van der Waals surface area contributed by atoms with Crippen LogP contribution in [0.2, 0.25) is 0 Å². The highest BCUT2D eigenvalue weighted by atomic mass is 16.5. The van der Waals surface area contributed by atoms with Crippen molar-refractivity contribution in [3.8, 4) is 0 Å². The summed E-state index contributed by atoms with van der Waals surface area (Å²) in [6.07, 6.45) is 9.71. The van der Waals surface area contributed by atoms with Crippen LogP contribution in [-0.4, -0.2) is 26.8 Å². The third-order valence-corrected chi connectivity index (χ3v) is 4.63. The molecule has 0 saturated heterocycles. The SMILES string of the molecule is CCCCC1CCC(CNCC(C)C)(COC)CC1. The van der Waals surface area contributed by atoms with E-state index >= 15 is 0 Å². The Morgan fingerprint density at radius 1 is 1.26 bits per heavy atom. The maximum Gasteiger partial charge on any atom is 0.0530 e. The number of ether oxygens (including phenoxy) is 1. The normalized spacial score (nSPS) is 27.9. The second-order valence-electron chi connectivity index (χ2n) is 7.04. The molecule has 1 N–H and O–H groups in total. The van der Waals surface area contributed by atoms with Gasteiger partial charge in [-0.15, -0.1) is 0 Å². The number of hydrogen-bond acceptors (Lipinski definition) is 2. The molecule has 2 nitrogen and oxygen atoms in total. The number of unbranched alkanes of at least 4 members (excludes halogenated alkanes) is 1. The summed E-state index contributed by atoms with van der Waals surface area (Å²) in [5, 5.41) is 3.66. The van der Waals surface area contributed by atoms with Crippen LogP contribution in [0, 0.1) is 17.3 Å². The Morgan fingerprint density at radius 3 is 2.47 bits per heavy atom. The highest BCUT2D eigenvalue weighted by Crippen LogP contribution is 2.40. The van der Waals surface area contributed by atoms with E-state index < -0.39 is 0 Å². The Hall–Kier alpha value is -0.0800. The van der Waals surface area contributed by atoms with Gasteiger partial charge in [0, 0.05) is 19.1 Å². The van der Waals surface area contributed by atoms with Crippen LogP contribution in [0.3, 0.4) is 0 Å². The first-order valence-corrected chi connectivity index (χ1v) is 8.31. The smallest absolute Gasteiger partial charge is 0.0530 e. The zero-order valence-electron chi connectivity index (χ0n) is 13.6. The Balaban J connectivity index is 2.37. The highest BCUT2D eigenvalue weighted by Gasteiger charge is 2.34. The third-order valence-electron chi connectivity index (χ3n) is 4.63. The maximum absolute atomic E-state index is 5.52. The van der Waals surface area contributed by atoms with E-state index in [-0.39, 0.29) is 0 Å². The predicted octanol–water partition coefficient (Wildman–Crippen LogP) is 4.25. The minimum absolute atomic E-state index is 0.409. The molecule has 0 aliphatic heterocycles. The van der Waals surface area contributed by atoms with Gasteiger partial charge in [0.2, 0.25) is 0 Å². The van der Waals surface area contributed by atoms with Gasteiger partial charge in [-0.05, 0) is 44.1 Å². The fraction of sp³-hybridized carbons (Fsp3) is 1.00. The number of hydrogen-bond donors (Lipinski definition) is 1. The van der Waals surface area contributed by atoms with Crippen molar-refractivity contribution in [1.29, 1.82) is 0 Å². The summed E-state index contributed by atoms with van der Waals surface area (Å²) in [7, 11) is 1.85. The summed E-state index contributed by atoms with van der Waals surface area (Å²) in [6.45, 7) is 10.0. The molecule has 2 heteroatoms. The molecule has 0 heterocycles. The molecule has 1 aliphatic rings. The molecule has 0 bridgehead atoms. The maximum atomic E-state index is 5.52. The van der Waals surface area contributed by atoms with Crippen LogP contribution in [-0.2, 0) is 4.74 Å². The minimum atomic E-state index is 0.409. The molecule has 0 atom stereocenters. The van der Waals surface area contributed by atoms with E-state index in [9.17, 15) is 0 Å². The zero-order valence-corrected chi connectivity index (χ0v) is 13.6. The number of methoxy groups -OCH3 is 1. The Labute approximate surface area is 120 Å². The van der Waals surface area contributed by atoms with E-state index in [4.69, 9.17) is 4.74 Å². The molecule has 0 amide bonds. The van der Waals surface area contributed by atoms with Crippen molar-refractivity contribution in [3.63, 3.8) is 0 Å². The van der Waals surface area contributed by atoms with E-state index in [2.05, 4.69) is 26.1 Å². The molecule has 0 aromatic rings. The predicted molar refractivity (Wildman–Crippen MR) is 83.5 cm³/mol. The molecule has 1 rings (SSSR count). The van der Waals surface area contributed by atoms with Gasteiger partial charge >= 0.3 is 0 Å². The van der Waals surface area contributed by atoms with Crippen LogP contribution in [0.15, 0.2) is 0 Å². The fourth-order valence-electron chi connectivity index (χ4n) is 3.38. The van der Waals surface area contributed by atoms with Gasteiger partial charge in [-0.25, -0.2) is 0 Å². The second kappa shape index (κ2) is 8.97. The summed E-state index contributed by atoms with van der Waals surface area (Å²) in [5.41, 5.74) is 0.409. The van der Waals surface area contributed by atoms with Crippen molar-refractivity contribution >= 4 is 0 Å². The number of nitrogens with one attached hydrogen (secondary N) is 1. The van der Waals surface area contributed by atoms with Gasteiger partial charge < -0.3 is 10.1 Å². The average Bonchev–Trinajstić information content (AvgIpc) is 2.38. The van der Waals surface area contributed by atoms with Crippen molar-refractivity contribution in [2.45, 2.75) is 65.7 Å². The monoisotopic (exact) mass is 269 g/mol. The lowest BCUT2D eigenvalue weighted by Gasteiger charge is -2.40. The molecular formula is C17H35NO. The molecule has 1 fully saturated rings. The summed E-state index contributed by atoms with van der Waals surface area (Å²) in [5.74, 6) is 1.72. The van der Waals surface area contributed by atoms with Gasteiger partial charge in [-0.1, -0.05) is 40.0 Å². The lowest BCUT2D eigenvalue weighted by Crippen LogP contribution is -2.42. The second-order valence-corrected chi connectivity index (χ2v) is 7.04. The molecule has 114 valence electrons. The summed E-state index contributed by atoms with van der Waals surface area (Å²) < 4.78 is 5.52. The Kier molecular flexibility index (Phi) is 8.01. The molecule has 19 heavy (non-hydrogen) atoms. The average molecular weight is 269 g/mol. The Morgan fingerprint density at radius 2 is 1.95 bits per heavy atom. The first-order chi connectivity index (χ1) is 9.12. The quantitative estimate of drug-likeness (QED) is 0.676. The Bertz CT molecular complexity index is 219. The summed E-state index contributed by atoms with van der Waals surface area (Å²) in [4.78, 5) is 0. The molecule has 0 aromatic carbocycles. The first-order valence-electron chi connectivity index (χ1n) is 8.31. The third kappa shape index (κ3) is 6.27. The van der Waals surface area contributed by atoms with E-state index in [1.807, 2.05) is 7.11 Å². The van der Waals surface area contributed by atoms with Crippen molar-refractivity contribution in [3.05, 3.63) is 0 Å². The van der Waals surface area contributed by atoms with Crippen LogP contribution in [0.25, 0.3) is 0 Å². The molecular weight excluding hydrogens is 234 g/mol. The largest absolute Gasteiger partial charge is 0.384 e. The summed E-state index contributed by atoms with van der Waals surface area (Å²) in [6, 6.07) is 0. The van der Waals surface area contributed by atoms with Gasteiger partial charge in [0.25, 0.3) is 0 Å². The molecule has 1 saturated carbocycles. The molecule has 0 unspecified atom stereocenters. The lowest BCUT2D eigenvalue weighted by molar-refractivity contribution is 0.0338. The van der Waals surface area contributed by atoms with Gasteiger partial charge in [0.1, 0.15) is 0 Å². The van der Waals surface area contributed by atoms with E-state index in [1.54, 1.807) is 0 Å². The highest BCUT2D eigenvalue weighted by molar-refractivity contribution is 4.87. The van der Waals surface area contributed by atoms with Crippen LogP contribution in [0.5, 0.6) is 0 Å². The fourth-order valence-corrected chi connectivity index (χ4v) is 3.38. The molecule has 1 aliphatic carbocycles. The van der Waals surface area contributed by atoms with Gasteiger partial charge in [0.15, 0.2) is 0 Å². The summed E-state index contributed by atoms with van der Waals surface area (Å²) >= 11 is 0. The van der Waals surface area contributed by atoms with Crippen molar-refractivity contribution in [2.24, 2.45) is 17.3 Å². The van der Waals surface area contributed by atoms with Crippen molar-refractivity contribution < 1.29 is 4.74 Å². The molecule has 0 radical (unpaired) electrons.